The third-order valence-electron chi connectivity index (χ3n) is 7.66. The maximum atomic E-state index is 14.2. The number of alkyl carbamates (subject to hydrolysis) is 1. The molecule has 2 amide bonds. The van der Waals surface area contributed by atoms with Crippen molar-refractivity contribution in [3.8, 4) is 11.1 Å². The molecule has 7 nitrogen and oxygen atoms in total. The predicted molar refractivity (Wildman–Crippen MR) is 122 cm³/mol. The number of hydrogen-bond donors (Lipinski definition) is 3. The van der Waals surface area contributed by atoms with Gasteiger partial charge in [-0.2, -0.15) is 0 Å². The Hall–Kier alpha value is -3.49. The van der Waals surface area contributed by atoms with Crippen molar-refractivity contribution in [1.82, 2.24) is 10.6 Å². The van der Waals surface area contributed by atoms with E-state index in [1.165, 1.54) is 0 Å². The lowest BCUT2D eigenvalue weighted by Crippen LogP contribution is -2.48. The second kappa shape index (κ2) is 8.62. The van der Waals surface area contributed by atoms with Crippen molar-refractivity contribution < 1.29 is 33.0 Å². The number of amides is 2. The smallest absolute Gasteiger partial charge is 0.407 e. The first kappa shape index (κ1) is 23.3. The second-order valence-electron chi connectivity index (χ2n) is 9.62. The molecule has 0 heterocycles. The molecule has 2 saturated carbocycles. The fourth-order valence-corrected chi connectivity index (χ4v) is 5.28. The molecule has 0 unspecified atom stereocenters. The Bertz CT molecular complexity index is 1130. The number of carboxylic acids is 1. The molecule has 35 heavy (non-hydrogen) atoms. The number of rotatable bonds is 8. The fraction of sp³-hybridized carbons (Fsp3) is 0.423. The van der Waals surface area contributed by atoms with Gasteiger partial charge in [0.1, 0.15) is 12.5 Å². The number of benzene rings is 2. The van der Waals surface area contributed by atoms with Gasteiger partial charge < -0.3 is 20.5 Å². The van der Waals surface area contributed by atoms with Gasteiger partial charge >= 0.3 is 12.1 Å². The van der Waals surface area contributed by atoms with Gasteiger partial charge in [0.15, 0.2) is 0 Å². The minimum absolute atomic E-state index is 0.0576. The Labute approximate surface area is 200 Å². The number of halogens is 2. The molecule has 0 aliphatic heterocycles. The van der Waals surface area contributed by atoms with Gasteiger partial charge in [-0.15, -0.1) is 0 Å². The lowest BCUT2D eigenvalue weighted by molar-refractivity contribution is -0.154. The average molecular weight is 484 g/mol. The third kappa shape index (κ3) is 4.02. The molecular formula is C26H26F2N2O5. The zero-order chi connectivity index (χ0) is 24.8. The van der Waals surface area contributed by atoms with E-state index in [1.54, 1.807) is 0 Å². The molecule has 3 aliphatic carbocycles. The van der Waals surface area contributed by atoms with Crippen LogP contribution in [0.5, 0.6) is 0 Å². The van der Waals surface area contributed by atoms with Crippen LogP contribution in [0.2, 0.25) is 0 Å². The molecule has 9 heteroatoms. The number of hydrogen-bond acceptors (Lipinski definition) is 4. The predicted octanol–water partition coefficient (Wildman–Crippen LogP) is 3.78. The Balaban J connectivity index is 1.13. The number of fused-ring (bicyclic) bond motifs is 3. The summed E-state index contributed by atoms with van der Waals surface area (Å²) in [6, 6.07) is 15.7. The fourth-order valence-electron chi connectivity index (χ4n) is 5.28. The topological polar surface area (TPSA) is 105 Å². The van der Waals surface area contributed by atoms with Gasteiger partial charge in [0.05, 0.1) is 11.3 Å². The SMILES string of the molecule is O=C(NC[C@H]1[C@@H](C(=O)NCC2(C(=O)O)CCC2)C1(F)F)OCC1c2ccccc2-c2ccccc21. The van der Waals surface area contributed by atoms with E-state index in [9.17, 15) is 28.3 Å². The van der Waals surface area contributed by atoms with Crippen LogP contribution in [0.1, 0.15) is 36.3 Å². The molecule has 0 spiro atoms. The number of carbonyl (C=O) groups is 3. The first-order chi connectivity index (χ1) is 16.7. The summed E-state index contributed by atoms with van der Waals surface area (Å²) in [7, 11) is 0. The Kier molecular flexibility index (Phi) is 5.73. The molecule has 2 aromatic carbocycles. The summed E-state index contributed by atoms with van der Waals surface area (Å²) in [4.78, 5) is 36.0. The van der Waals surface area contributed by atoms with Crippen LogP contribution in [-0.4, -0.2) is 48.7 Å². The van der Waals surface area contributed by atoms with Crippen molar-refractivity contribution in [3.05, 3.63) is 59.7 Å². The molecule has 3 aliphatic rings. The zero-order valence-corrected chi connectivity index (χ0v) is 18.9. The maximum Gasteiger partial charge on any atom is 0.407 e. The number of alkyl halides is 2. The van der Waals surface area contributed by atoms with Crippen LogP contribution in [0.25, 0.3) is 11.1 Å². The number of carboxylic acid groups (broad SMARTS) is 1. The summed E-state index contributed by atoms with van der Waals surface area (Å²) in [6.07, 6.45) is 0.731. The lowest BCUT2D eigenvalue weighted by Gasteiger charge is -2.37. The van der Waals surface area contributed by atoms with Crippen LogP contribution >= 0.6 is 0 Å². The van der Waals surface area contributed by atoms with Crippen molar-refractivity contribution >= 4 is 18.0 Å². The van der Waals surface area contributed by atoms with Crippen LogP contribution in [0.4, 0.5) is 13.6 Å². The highest BCUT2D eigenvalue weighted by Crippen LogP contribution is 2.55. The highest BCUT2D eigenvalue weighted by atomic mass is 19.3. The van der Waals surface area contributed by atoms with Crippen molar-refractivity contribution in [2.24, 2.45) is 17.3 Å². The molecule has 3 N–H and O–H groups in total. The van der Waals surface area contributed by atoms with Gasteiger partial charge in [0, 0.05) is 19.0 Å². The van der Waals surface area contributed by atoms with Crippen LogP contribution in [0, 0.1) is 17.3 Å². The van der Waals surface area contributed by atoms with Crippen LogP contribution in [-0.2, 0) is 14.3 Å². The Morgan fingerprint density at radius 2 is 1.57 bits per heavy atom. The third-order valence-corrected chi connectivity index (χ3v) is 7.66. The lowest BCUT2D eigenvalue weighted by atomic mass is 9.69. The van der Waals surface area contributed by atoms with E-state index in [2.05, 4.69) is 10.6 Å². The van der Waals surface area contributed by atoms with Gasteiger partial charge in [0.2, 0.25) is 5.91 Å². The minimum atomic E-state index is -3.27. The van der Waals surface area contributed by atoms with E-state index >= 15 is 0 Å². The summed E-state index contributed by atoms with van der Waals surface area (Å²) in [6.45, 7) is -0.520. The van der Waals surface area contributed by atoms with Crippen LogP contribution < -0.4 is 10.6 Å². The number of ether oxygens (including phenoxy) is 1. The van der Waals surface area contributed by atoms with Crippen LogP contribution in [0.3, 0.4) is 0 Å². The van der Waals surface area contributed by atoms with Crippen molar-refractivity contribution in [2.45, 2.75) is 31.1 Å². The van der Waals surface area contributed by atoms with Gasteiger partial charge in [-0.1, -0.05) is 55.0 Å². The molecule has 0 bridgehead atoms. The second-order valence-corrected chi connectivity index (χ2v) is 9.62. The number of nitrogens with one attached hydrogen (secondary N) is 2. The van der Waals surface area contributed by atoms with E-state index in [1.807, 2.05) is 48.5 Å². The first-order valence-electron chi connectivity index (χ1n) is 11.7. The molecule has 0 aromatic heterocycles. The number of aliphatic carboxylic acids is 1. The monoisotopic (exact) mass is 484 g/mol. The quantitative estimate of drug-likeness (QED) is 0.529. The van der Waals surface area contributed by atoms with Gasteiger partial charge in [-0.05, 0) is 35.1 Å². The van der Waals surface area contributed by atoms with E-state index in [0.717, 1.165) is 28.7 Å². The van der Waals surface area contributed by atoms with Crippen molar-refractivity contribution in [1.29, 1.82) is 0 Å². The summed E-state index contributed by atoms with van der Waals surface area (Å²) in [5.74, 6) is -8.28. The highest BCUT2D eigenvalue weighted by molar-refractivity contribution is 5.85. The minimum Gasteiger partial charge on any atom is -0.481 e. The van der Waals surface area contributed by atoms with Gasteiger partial charge in [-0.3, -0.25) is 9.59 Å². The normalized spacial score (nSPS) is 22.8. The van der Waals surface area contributed by atoms with Gasteiger partial charge in [-0.25, -0.2) is 13.6 Å². The molecule has 184 valence electrons. The summed E-state index contributed by atoms with van der Waals surface area (Å²) >= 11 is 0. The van der Waals surface area contributed by atoms with E-state index < -0.39 is 47.7 Å². The molecule has 2 fully saturated rings. The van der Waals surface area contributed by atoms with Gasteiger partial charge in [0.25, 0.3) is 5.92 Å². The molecule has 2 aromatic rings. The Morgan fingerprint density at radius 3 is 2.11 bits per heavy atom. The summed E-state index contributed by atoms with van der Waals surface area (Å²) in [5.41, 5.74) is 3.18. The molecular weight excluding hydrogens is 458 g/mol. The zero-order valence-electron chi connectivity index (χ0n) is 18.9. The summed E-state index contributed by atoms with van der Waals surface area (Å²) in [5, 5.41) is 14.1. The first-order valence-corrected chi connectivity index (χ1v) is 11.7. The van der Waals surface area contributed by atoms with Crippen LogP contribution in [0.15, 0.2) is 48.5 Å². The van der Waals surface area contributed by atoms with Crippen molar-refractivity contribution in [2.75, 3.05) is 19.7 Å². The standard InChI is InChI=1S/C26H26F2N2O5/c27-26(28)20(21(26)22(31)30-14-25(23(32)33)10-5-11-25)12-29-24(34)35-13-19-17-8-3-1-6-15(17)16-7-2-4-9-18(16)19/h1-4,6-9,19-21H,5,10-14H2,(H,29,34)(H,30,31)(H,32,33)/t20-,21-/m0/s1. The molecule has 0 radical (unpaired) electrons. The Morgan fingerprint density at radius 1 is 0.971 bits per heavy atom. The van der Waals surface area contributed by atoms with E-state index in [4.69, 9.17) is 4.74 Å². The average Bonchev–Trinajstić information content (AvgIpc) is 3.21. The maximum absolute atomic E-state index is 14.2. The summed E-state index contributed by atoms with van der Waals surface area (Å²) < 4.78 is 33.8. The highest BCUT2D eigenvalue weighted by Gasteiger charge is 2.71. The van der Waals surface area contributed by atoms with Crippen molar-refractivity contribution in [3.63, 3.8) is 0 Å². The molecule has 5 rings (SSSR count). The number of carbonyl (C=O) groups excluding carboxylic acids is 2. The largest absolute Gasteiger partial charge is 0.481 e. The molecule has 0 saturated heterocycles. The molecule has 2 atom stereocenters. The van der Waals surface area contributed by atoms with E-state index in [0.29, 0.717) is 12.8 Å². The van der Waals surface area contributed by atoms with E-state index in [-0.39, 0.29) is 19.1 Å².